The van der Waals surface area contributed by atoms with Crippen LogP contribution in [0.25, 0.3) is 0 Å². The Morgan fingerprint density at radius 3 is 2.39 bits per heavy atom. The molecule has 18 heavy (non-hydrogen) atoms. The Kier molecular flexibility index (Phi) is 8.46. The molecule has 104 valence electrons. The summed E-state index contributed by atoms with van der Waals surface area (Å²) in [6.45, 7) is 10.2. The third-order valence-electron chi connectivity index (χ3n) is 2.75. The second-order valence-electron chi connectivity index (χ2n) is 4.73. The van der Waals surface area contributed by atoms with E-state index in [1.807, 2.05) is 18.5 Å². The monoisotopic (exact) mass is 253 g/mol. The first-order chi connectivity index (χ1) is 8.79. The van der Waals surface area contributed by atoms with Crippen molar-refractivity contribution in [2.24, 2.45) is 4.99 Å². The van der Waals surface area contributed by atoms with Gasteiger partial charge < -0.3 is 21.3 Å². The lowest BCUT2D eigenvalue weighted by molar-refractivity contribution is 0.530. The predicted molar refractivity (Wildman–Crippen MR) is 78.3 cm³/mol. The SMILES string of the molecule is C[C@H]1CNCCNCCNC[C@H](C)N/C=C\C=N\1. The van der Waals surface area contributed by atoms with E-state index in [4.69, 9.17) is 0 Å². The van der Waals surface area contributed by atoms with Gasteiger partial charge in [0.25, 0.3) is 0 Å². The zero-order valence-electron chi connectivity index (χ0n) is 11.6. The van der Waals surface area contributed by atoms with Crippen molar-refractivity contribution in [2.45, 2.75) is 25.9 Å². The molecular weight excluding hydrogens is 226 g/mol. The van der Waals surface area contributed by atoms with Gasteiger partial charge in [0.05, 0.1) is 6.04 Å². The zero-order chi connectivity index (χ0) is 13.1. The van der Waals surface area contributed by atoms with Gasteiger partial charge in [-0.15, -0.1) is 0 Å². The first-order valence-electron chi connectivity index (χ1n) is 6.85. The summed E-state index contributed by atoms with van der Waals surface area (Å²) in [5, 5.41) is 13.5. The van der Waals surface area contributed by atoms with Gasteiger partial charge >= 0.3 is 0 Å². The normalized spacial score (nSPS) is 32.3. The van der Waals surface area contributed by atoms with Crippen LogP contribution in [0, 0.1) is 0 Å². The minimum Gasteiger partial charge on any atom is -0.387 e. The van der Waals surface area contributed by atoms with E-state index in [9.17, 15) is 0 Å². The van der Waals surface area contributed by atoms with Crippen LogP contribution in [0.15, 0.2) is 17.3 Å². The maximum atomic E-state index is 4.43. The van der Waals surface area contributed by atoms with Gasteiger partial charge in [-0.1, -0.05) is 0 Å². The summed E-state index contributed by atoms with van der Waals surface area (Å²) in [5.41, 5.74) is 0. The molecule has 1 aliphatic rings. The van der Waals surface area contributed by atoms with Crippen LogP contribution in [0.1, 0.15) is 13.8 Å². The van der Waals surface area contributed by atoms with Gasteiger partial charge in [-0.25, -0.2) is 0 Å². The summed E-state index contributed by atoms with van der Waals surface area (Å²) in [4.78, 5) is 4.43. The van der Waals surface area contributed by atoms with Crippen molar-refractivity contribution in [2.75, 3.05) is 39.3 Å². The van der Waals surface area contributed by atoms with Gasteiger partial charge in [-0.3, -0.25) is 4.99 Å². The van der Waals surface area contributed by atoms with E-state index in [1.165, 1.54) is 0 Å². The minimum atomic E-state index is 0.321. The quantitative estimate of drug-likeness (QED) is 0.480. The second-order valence-corrected chi connectivity index (χ2v) is 4.73. The fraction of sp³-hybridized carbons (Fsp3) is 0.769. The molecule has 0 spiro atoms. The van der Waals surface area contributed by atoms with Crippen LogP contribution in [0.2, 0.25) is 0 Å². The van der Waals surface area contributed by atoms with Crippen molar-refractivity contribution in [3.05, 3.63) is 12.3 Å². The van der Waals surface area contributed by atoms with Crippen LogP contribution in [-0.4, -0.2) is 57.6 Å². The van der Waals surface area contributed by atoms with Gasteiger partial charge in [0, 0.05) is 51.5 Å². The summed E-state index contributed by atoms with van der Waals surface area (Å²) >= 11 is 0. The van der Waals surface area contributed by atoms with Crippen LogP contribution >= 0.6 is 0 Å². The number of aliphatic imine (C=N–C) groups is 1. The molecule has 1 heterocycles. The summed E-state index contributed by atoms with van der Waals surface area (Å²) in [5.74, 6) is 0. The maximum absolute atomic E-state index is 4.43. The summed E-state index contributed by atoms with van der Waals surface area (Å²) in [6, 6.07) is 0.753. The number of nitrogens with zero attached hydrogens (tertiary/aromatic N) is 1. The maximum Gasteiger partial charge on any atom is 0.0595 e. The summed E-state index contributed by atoms with van der Waals surface area (Å²) in [7, 11) is 0. The van der Waals surface area contributed by atoms with E-state index in [2.05, 4.69) is 40.1 Å². The highest BCUT2D eigenvalue weighted by Crippen LogP contribution is 1.86. The van der Waals surface area contributed by atoms with Crippen molar-refractivity contribution >= 4 is 6.21 Å². The smallest absolute Gasteiger partial charge is 0.0595 e. The Morgan fingerprint density at radius 2 is 1.61 bits per heavy atom. The van der Waals surface area contributed by atoms with Crippen LogP contribution in [-0.2, 0) is 0 Å². The molecule has 0 aliphatic carbocycles. The van der Waals surface area contributed by atoms with Crippen molar-refractivity contribution in [1.82, 2.24) is 21.3 Å². The Balaban J connectivity index is 2.34. The van der Waals surface area contributed by atoms with E-state index in [0.29, 0.717) is 12.1 Å². The van der Waals surface area contributed by atoms with Gasteiger partial charge in [-0.05, 0) is 26.1 Å². The molecule has 0 saturated heterocycles. The van der Waals surface area contributed by atoms with Gasteiger partial charge in [0.1, 0.15) is 0 Å². The molecule has 0 unspecified atom stereocenters. The zero-order valence-corrected chi connectivity index (χ0v) is 11.6. The fourth-order valence-corrected chi connectivity index (χ4v) is 1.68. The molecule has 0 saturated carbocycles. The summed E-state index contributed by atoms with van der Waals surface area (Å²) in [6.07, 6.45) is 5.78. The number of nitrogens with one attached hydrogen (secondary N) is 4. The Bertz CT molecular complexity index is 252. The molecule has 1 rings (SSSR count). The highest BCUT2D eigenvalue weighted by atomic mass is 15.0. The first-order valence-corrected chi connectivity index (χ1v) is 6.85. The van der Waals surface area contributed by atoms with E-state index in [1.54, 1.807) is 0 Å². The van der Waals surface area contributed by atoms with E-state index in [-0.39, 0.29) is 0 Å². The third kappa shape index (κ3) is 8.22. The predicted octanol–water partition coefficient (Wildman–Crippen LogP) is -0.280. The van der Waals surface area contributed by atoms with E-state index in [0.717, 1.165) is 39.3 Å². The average Bonchev–Trinajstić information content (AvgIpc) is 2.35. The molecule has 0 bridgehead atoms. The van der Waals surface area contributed by atoms with Crippen LogP contribution in [0.4, 0.5) is 0 Å². The lowest BCUT2D eigenvalue weighted by Crippen LogP contribution is -2.38. The lowest BCUT2D eigenvalue weighted by Gasteiger charge is -2.14. The lowest BCUT2D eigenvalue weighted by atomic mass is 10.3. The second kappa shape index (κ2) is 10.1. The molecule has 0 aromatic rings. The molecule has 0 fully saturated rings. The fourth-order valence-electron chi connectivity index (χ4n) is 1.68. The molecule has 1 aliphatic heterocycles. The third-order valence-corrected chi connectivity index (χ3v) is 2.75. The Labute approximate surface area is 111 Å². The van der Waals surface area contributed by atoms with E-state index >= 15 is 0 Å². The number of hydrogen-bond donors (Lipinski definition) is 4. The topological polar surface area (TPSA) is 60.5 Å². The number of allylic oxidation sites excluding steroid dienone is 1. The molecular formula is C13H27N5. The molecule has 0 radical (unpaired) electrons. The largest absolute Gasteiger partial charge is 0.387 e. The Morgan fingerprint density at radius 1 is 0.944 bits per heavy atom. The molecule has 0 amide bonds. The van der Waals surface area contributed by atoms with Crippen LogP contribution in [0.3, 0.4) is 0 Å². The molecule has 5 nitrogen and oxygen atoms in total. The Hall–Kier alpha value is -0.910. The van der Waals surface area contributed by atoms with Gasteiger partial charge in [0.15, 0.2) is 0 Å². The first kappa shape index (κ1) is 15.1. The highest BCUT2D eigenvalue weighted by molar-refractivity contribution is 5.70. The molecule has 2 atom stereocenters. The minimum absolute atomic E-state index is 0.321. The van der Waals surface area contributed by atoms with Gasteiger partial charge in [-0.2, -0.15) is 0 Å². The average molecular weight is 253 g/mol. The molecule has 5 heteroatoms. The van der Waals surface area contributed by atoms with Crippen molar-refractivity contribution < 1.29 is 0 Å². The van der Waals surface area contributed by atoms with Crippen molar-refractivity contribution in [3.8, 4) is 0 Å². The molecule has 0 aromatic heterocycles. The number of hydrogen-bond acceptors (Lipinski definition) is 5. The highest BCUT2D eigenvalue weighted by Gasteiger charge is 1.98. The van der Waals surface area contributed by atoms with Crippen molar-refractivity contribution in [3.63, 3.8) is 0 Å². The summed E-state index contributed by atoms with van der Waals surface area (Å²) < 4.78 is 0. The van der Waals surface area contributed by atoms with Gasteiger partial charge in [0.2, 0.25) is 0 Å². The standard InChI is InChI=1S/C13H27N5/c1-12-10-15-8-6-14-7-9-16-11-13(2)18-5-3-4-17-12/h3-5,12-17H,6-11H2,1-2H3/b4-3-,18-5+/t12-,13-/m0/s1. The number of rotatable bonds is 0. The molecule has 4 N–H and O–H groups in total. The van der Waals surface area contributed by atoms with Crippen LogP contribution < -0.4 is 21.3 Å². The van der Waals surface area contributed by atoms with E-state index < -0.39 is 0 Å². The van der Waals surface area contributed by atoms with Crippen molar-refractivity contribution in [1.29, 1.82) is 0 Å². The van der Waals surface area contributed by atoms with Crippen LogP contribution in [0.5, 0.6) is 0 Å². The molecule has 0 aromatic carbocycles.